The van der Waals surface area contributed by atoms with E-state index in [4.69, 9.17) is 16.3 Å². The van der Waals surface area contributed by atoms with E-state index in [2.05, 4.69) is 11.4 Å². The summed E-state index contributed by atoms with van der Waals surface area (Å²) in [5, 5.41) is 4.17. The van der Waals surface area contributed by atoms with E-state index in [1.807, 2.05) is 12.1 Å². The van der Waals surface area contributed by atoms with Crippen molar-refractivity contribution in [1.82, 2.24) is 5.32 Å². The molecule has 0 aromatic heterocycles. The zero-order valence-electron chi connectivity index (χ0n) is 8.92. The summed E-state index contributed by atoms with van der Waals surface area (Å²) in [6.45, 7) is 2.14. The normalized spacial score (nSPS) is 21.3. The highest BCUT2D eigenvalue weighted by atomic mass is 35.5. The lowest BCUT2D eigenvalue weighted by molar-refractivity contribution is 0.411. The molecule has 82 valence electrons. The van der Waals surface area contributed by atoms with Crippen LogP contribution in [-0.4, -0.2) is 20.2 Å². The minimum atomic E-state index is 0.529. The Morgan fingerprint density at radius 1 is 1.47 bits per heavy atom. The topological polar surface area (TPSA) is 21.3 Å². The van der Waals surface area contributed by atoms with Gasteiger partial charge in [0.1, 0.15) is 5.75 Å². The number of hydrogen-bond donors (Lipinski definition) is 1. The lowest BCUT2D eigenvalue weighted by Crippen LogP contribution is -2.28. The predicted molar refractivity (Wildman–Crippen MR) is 62.8 cm³/mol. The average Bonchev–Trinajstić information content (AvgIpc) is 2.30. The SMILES string of the molecule is COc1cccc(C2CCCNC2)c1Cl. The second kappa shape index (κ2) is 4.86. The molecule has 1 saturated heterocycles. The molecule has 0 bridgehead atoms. The molecule has 2 rings (SSSR count). The number of ether oxygens (including phenoxy) is 1. The third-order valence-corrected chi connectivity index (χ3v) is 3.35. The highest BCUT2D eigenvalue weighted by molar-refractivity contribution is 6.32. The largest absolute Gasteiger partial charge is 0.495 e. The fourth-order valence-electron chi connectivity index (χ4n) is 2.12. The Balaban J connectivity index is 2.26. The second-order valence-corrected chi connectivity index (χ2v) is 4.28. The van der Waals surface area contributed by atoms with Crippen molar-refractivity contribution < 1.29 is 4.74 Å². The van der Waals surface area contributed by atoms with Crippen LogP contribution in [0, 0.1) is 0 Å². The van der Waals surface area contributed by atoms with Gasteiger partial charge in [0.05, 0.1) is 12.1 Å². The van der Waals surface area contributed by atoms with E-state index in [1.54, 1.807) is 7.11 Å². The number of halogens is 1. The van der Waals surface area contributed by atoms with Crippen LogP contribution in [0.1, 0.15) is 24.3 Å². The Labute approximate surface area is 95.6 Å². The van der Waals surface area contributed by atoms with E-state index in [1.165, 1.54) is 18.4 Å². The standard InChI is InChI=1S/C12H16ClNO/c1-15-11-6-2-5-10(12(11)13)9-4-3-7-14-8-9/h2,5-6,9,14H,3-4,7-8H2,1H3. The molecule has 0 spiro atoms. The number of rotatable bonds is 2. The van der Waals surface area contributed by atoms with Crippen molar-refractivity contribution >= 4 is 11.6 Å². The van der Waals surface area contributed by atoms with Crippen LogP contribution in [0.3, 0.4) is 0 Å². The van der Waals surface area contributed by atoms with Crippen LogP contribution in [0.15, 0.2) is 18.2 Å². The molecule has 1 unspecified atom stereocenters. The number of benzene rings is 1. The smallest absolute Gasteiger partial charge is 0.137 e. The first-order chi connectivity index (χ1) is 7.33. The van der Waals surface area contributed by atoms with Gasteiger partial charge < -0.3 is 10.1 Å². The number of nitrogens with one attached hydrogen (secondary N) is 1. The monoisotopic (exact) mass is 225 g/mol. The molecule has 2 nitrogen and oxygen atoms in total. The Morgan fingerprint density at radius 2 is 2.33 bits per heavy atom. The van der Waals surface area contributed by atoms with E-state index in [0.717, 1.165) is 23.9 Å². The Bertz CT molecular complexity index is 334. The lowest BCUT2D eigenvalue weighted by atomic mass is 9.91. The molecular weight excluding hydrogens is 210 g/mol. The molecule has 1 heterocycles. The minimum absolute atomic E-state index is 0.529. The quantitative estimate of drug-likeness (QED) is 0.836. The summed E-state index contributed by atoms with van der Waals surface area (Å²) in [5.74, 6) is 1.31. The van der Waals surface area contributed by atoms with Crippen molar-refractivity contribution in [3.63, 3.8) is 0 Å². The predicted octanol–water partition coefficient (Wildman–Crippen LogP) is 2.82. The number of methoxy groups -OCH3 is 1. The van der Waals surface area contributed by atoms with Gasteiger partial charge in [-0.2, -0.15) is 0 Å². The van der Waals surface area contributed by atoms with Gasteiger partial charge in [-0.05, 0) is 36.9 Å². The number of piperidine rings is 1. The fourth-order valence-corrected chi connectivity index (χ4v) is 2.48. The molecule has 15 heavy (non-hydrogen) atoms. The van der Waals surface area contributed by atoms with Crippen LogP contribution >= 0.6 is 11.6 Å². The summed E-state index contributed by atoms with van der Waals surface area (Å²) in [4.78, 5) is 0. The van der Waals surface area contributed by atoms with E-state index in [9.17, 15) is 0 Å². The maximum Gasteiger partial charge on any atom is 0.137 e. The molecule has 1 aromatic carbocycles. The second-order valence-electron chi connectivity index (χ2n) is 3.91. The Morgan fingerprint density at radius 3 is 3.00 bits per heavy atom. The van der Waals surface area contributed by atoms with E-state index in [0.29, 0.717) is 5.92 Å². The molecule has 0 saturated carbocycles. The van der Waals surface area contributed by atoms with Crippen molar-refractivity contribution in [3.05, 3.63) is 28.8 Å². The highest BCUT2D eigenvalue weighted by Crippen LogP contribution is 2.35. The van der Waals surface area contributed by atoms with Crippen molar-refractivity contribution in [3.8, 4) is 5.75 Å². The highest BCUT2D eigenvalue weighted by Gasteiger charge is 2.19. The van der Waals surface area contributed by atoms with Gasteiger partial charge in [-0.15, -0.1) is 0 Å². The third kappa shape index (κ3) is 2.27. The van der Waals surface area contributed by atoms with E-state index in [-0.39, 0.29) is 0 Å². The molecule has 1 fully saturated rings. The fraction of sp³-hybridized carbons (Fsp3) is 0.500. The summed E-state index contributed by atoms with van der Waals surface area (Å²) >= 11 is 6.29. The summed E-state index contributed by atoms with van der Waals surface area (Å²) in [6.07, 6.45) is 2.43. The van der Waals surface area contributed by atoms with Crippen molar-refractivity contribution in [2.24, 2.45) is 0 Å². The zero-order valence-corrected chi connectivity index (χ0v) is 9.68. The molecule has 0 aliphatic carbocycles. The van der Waals surface area contributed by atoms with Gasteiger partial charge >= 0.3 is 0 Å². The first-order valence-electron chi connectivity index (χ1n) is 5.36. The zero-order chi connectivity index (χ0) is 10.7. The van der Waals surface area contributed by atoms with Crippen LogP contribution < -0.4 is 10.1 Å². The molecular formula is C12H16ClNO. The maximum atomic E-state index is 6.29. The van der Waals surface area contributed by atoms with E-state index >= 15 is 0 Å². The van der Waals surface area contributed by atoms with Gasteiger partial charge in [0.25, 0.3) is 0 Å². The van der Waals surface area contributed by atoms with Gasteiger partial charge in [0.2, 0.25) is 0 Å². The Kier molecular flexibility index (Phi) is 3.49. The third-order valence-electron chi connectivity index (χ3n) is 2.95. The molecule has 1 aliphatic heterocycles. The maximum absolute atomic E-state index is 6.29. The molecule has 1 aromatic rings. The van der Waals surface area contributed by atoms with Gasteiger partial charge in [-0.3, -0.25) is 0 Å². The van der Waals surface area contributed by atoms with Crippen LogP contribution in [0.25, 0.3) is 0 Å². The first kappa shape index (κ1) is 10.8. The average molecular weight is 226 g/mol. The summed E-state index contributed by atoms with van der Waals surface area (Å²) < 4.78 is 5.22. The first-order valence-corrected chi connectivity index (χ1v) is 5.74. The van der Waals surface area contributed by atoms with Gasteiger partial charge in [0.15, 0.2) is 0 Å². The molecule has 0 amide bonds. The number of hydrogen-bond acceptors (Lipinski definition) is 2. The van der Waals surface area contributed by atoms with Crippen LogP contribution in [0.5, 0.6) is 5.75 Å². The molecule has 1 aliphatic rings. The minimum Gasteiger partial charge on any atom is -0.495 e. The van der Waals surface area contributed by atoms with Crippen molar-refractivity contribution in [2.45, 2.75) is 18.8 Å². The molecule has 0 radical (unpaired) electrons. The molecule has 3 heteroatoms. The molecule has 1 atom stereocenters. The summed E-state index contributed by atoms with van der Waals surface area (Å²) in [5.41, 5.74) is 1.21. The van der Waals surface area contributed by atoms with Gasteiger partial charge in [-0.1, -0.05) is 23.7 Å². The van der Waals surface area contributed by atoms with Crippen molar-refractivity contribution in [1.29, 1.82) is 0 Å². The summed E-state index contributed by atoms with van der Waals surface area (Å²) in [7, 11) is 1.66. The van der Waals surface area contributed by atoms with Gasteiger partial charge in [-0.25, -0.2) is 0 Å². The van der Waals surface area contributed by atoms with Crippen LogP contribution in [0.4, 0.5) is 0 Å². The Hall–Kier alpha value is -0.730. The van der Waals surface area contributed by atoms with E-state index < -0.39 is 0 Å². The van der Waals surface area contributed by atoms with Crippen LogP contribution in [-0.2, 0) is 0 Å². The van der Waals surface area contributed by atoms with Crippen LogP contribution in [0.2, 0.25) is 5.02 Å². The van der Waals surface area contributed by atoms with Gasteiger partial charge in [0, 0.05) is 6.54 Å². The summed E-state index contributed by atoms with van der Waals surface area (Å²) in [6, 6.07) is 6.01. The van der Waals surface area contributed by atoms with Crippen molar-refractivity contribution in [2.75, 3.05) is 20.2 Å². The molecule has 1 N–H and O–H groups in total. The lowest BCUT2D eigenvalue weighted by Gasteiger charge is -2.24.